The number of nitrogens with zero attached hydrogens (tertiary/aromatic N) is 1. The summed E-state index contributed by atoms with van der Waals surface area (Å²) in [5.74, 6) is 0.253. The molecule has 0 bridgehead atoms. The highest BCUT2D eigenvalue weighted by molar-refractivity contribution is 6.30. The first-order valence-electron chi connectivity index (χ1n) is 5.99. The molecule has 5 heteroatoms. The van der Waals surface area contributed by atoms with Crippen molar-refractivity contribution in [3.8, 4) is 5.75 Å². The molecule has 0 aliphatic heterocycles. The smallest absolute Gasteiger partial charge is 0.277 e. The minimum absolute atomic E-state index is 0.103. The molecule has 0 spiro atoms. The Balaban J connectivity index is 1.76. The molecule has 0 saturated carbocycles. The number of rotatable bonds is 5. The number of carbonyl (C=O) groups excluding carboxylic acids is 1. The summed E-state index contributed by atoms with van der Waals surface area (Å²) < 4.78 is 5.28. The van der Waals surface area contributed by atoms with Crippen LogP contribution in [-0.4, -0.2) is 18.7 Å². The first-order valence-corrected chi connectivity index (χ1v) is 6.37. The maximum absolute atomic E-state index is 11.5. The van der Waals surface area contributed by atoms with Crippen LogP contribution in [0.1, 0.15) is 5.56 Å². The fourth-order valence-electron chi connectivity index (χ4n) is 1.43. The predicted octanol–water partition coefficient (Wildman–Crippen LogP) is 2.87. The van der Waals surface area contributed by atoms with Gasteiger partial charge in [0.15, 0.2) is 6.61 Å². The van der Waals surface area contributed by atoms with Gasteiger partial charge in [-0.2, -0.15) is 5.10 Å². The van der Waals surface area contributed by atoms with Crippen LogP contribution < -0.4 is 10.2 Å². The zero-order valence-corrected chi connectivity index (χ0v) is 11.4. The van der Waals surface area contributed by atoms with E-state index in [1.54, 1.807) is 30.5 Å². The summed E-state index contributed by atoms with van der Waals surface area (Å²) in [6.07, 6.45) is 1.57. The number of hydrogen-bond acceptors (Lipinski definition) is 3. The zero-order valence-electron chi connectivity index (χ0n) is 10.6. The van der Waals surface area contributed by atoms with Gasteiger partial charge in [-0.15, -0.1) is 0 Å². The van der Waals surface area contributed by atoms with Crippen LogP contribution in [0.25, 0.3) is 0 Å². The van der Waals surface area contributed by atoms with Crippen LogP contribution in [0.4, 0.5) is 0 Å². The lowest BCUT2D eigenvalue weighted by molar-refractivity contribution is -0.123. The van der Waals surface area contributed by atoms with Gasteiger partial charge in [-0.05, 0) is 29.8 Å². The Morgan fingerprint density at radius 3 is 2.55 bits per heavy atom. The molecule has 102 valence electrons. The SMILES string of the molecule is O=C(COc1ccc(Cl)cc1)N/N=C/c1ccccc1. The number of carbonyl (C=O) groups is 1. The van der Waals surface area contributed by atoms with E-state index in [1.807, 2.05) is 30.3 Å². The Hall–Kier alpha value is -2.33. The molecule has 0 aliphatic rings. The maximum Gasteiger partial charge on any atom is 0.277 e. The Morgan fingerprint density at radius 2 is 1.85 bits per heavy atom. The second-order valence-electron chi connectivity index (χ2n) is 3.95. The molecular formula is C15H13ClN2O2. The van der Waals surface area contributed by atoms with Crippen LogP contribution in [0.3, 0.4) is 0 Å². The standard InChI is InChI=1S/C15H13ClN2O2/c16-13-6-8-14(9-7-13)20-11-15(19)18-17-10-12-4-2-1-3-5-12/h1-10H,11H2,(H,18,19)/b17-10+. The summed E-state index contributed by atoms with van der Waals surface area (Å²) in [4.78, 5) is 11.5. The average Bonchev–Trinajstić information content (AvgIpc) is 2.48. The predicted molar refractivity (Wildman–Crippen MR) is 79.1 cm³/mol. The molecule has 0 heterocycles. The van der Waals surface area contributed by atoms with Gasteiger partial charge >= 0.3 is 0 Å². The van der Waals surface area contributed by atoms with Crippen molar-refractivity contribution < 1.29 is 9.53 Å². The number of hydrogen-bond donors (Lipinski definition) is 1. The second kappa shape index (κ2) is 7.31. The highest BCUT2D eigenvalue weighted by Gasteiger charge is 2.01. The lowest BCUT2D eigenvalue weighted by Crippen LogP contribution is -2.24. The van der Waals surface area contributed by atoms with E-state index >= 15 is 0 Å². The van der Waals surface area contributed by atoms with Crippen LogP contribution >= 0.6 is 11.6 Å². The van der Waals surface area contributed by atoms with Crippen molar-refractivity contribution in [3.05, 3.63) is 65.2 Å². The molecule has 0 aliphatic carbocycles. The van der Waals surface area contributed by atoms with E-state index in [0.717, 1.165) is 5.56 Å². The highest BCUT2D eigenvalue weighted by Crippen LogP contribution is 2.15. The fourth-order valence-corrected chi connectivity index (χ4v) is 1.56. The third kappa shape index (κ3) is 4.74. The van der Waals surface area contributed by atoms with E-state index in [-0.39, 0.29) is 12.5 Å². The average molecular weight is 289 g/mol. The minimum atomic E-state index is -0.327. The summed E-state index contributed by atoms with van der Waals surface area (Å²) >= 11 is 5.75. The zero-order chi connectivity index (χ0) is 14.2. The van der Waals surface area contributed by atoms with Gasteiger partial charge in [0.05, 0.1) is 6.21 Å². The van der Waals surface area contributed by atoms with Gasteiger partial charge in [0.2, 0.25) is 0 Å². The van der Waals surface area contributed by atoms with Crippen LogP contribution in [0.5, 0.6) is 5.75 Å². The summed E-state index contributed by atoms with van der Waals surface area (Å²) in [5.41, 5.74) is 3.30. The van der Waals surface area contributed by atoms with E-state index in [9.17, 15) is 4.79 Å². The molecule has 2 aromatic rings. The van der Waals surface area contributed by atoms with E-state index in [2.05, 4.69) is 10.5 Å². The topological polar surface area (TPSA) is 50.7 Å². The van der Waals surface area contributed by atoms with Crippen molar-refractivity contribution in [1.29, 1.82) is 0 Å². The normalized spacial score (nSPS) is 10.4. The van der Waals surface area contributed by atoms with Gasteiger partial charge in [-0.3, -0.25) is 4.79 Å². The van der Waals surface area contributed by atoms with Gasteiger partial charge in [0.25, 0.3) is 5.91 Å². The van der Waals surface area contributed by atoms with E-state index < -0.39 is 0 Å². The number of nitrogens with one attached hydrogen (secondary N) is 1. The van der Waals surface area contributed by atoms with Gasteiger partial charge < -0.3 is 4.74 Å². The molecule has 1 amide bonds. The Kier molecular flexibility index (Phi) is 5.15. The molecule has 0 radical (unpaired) electrons. The van der Waals surface area contributed by atoms with Crippen molar-refractivity contribution in [3.63, 3.8) is 0 Å². The first kappa shape index (κ1) is 14.1. The molecule has 1 N–H and O–H groups in total. The molecule has 0 atom stereocenters. The van der Waals surface area contributed by atoms with Crippen molar-refractivity contribution >= 4 is 23.7 Å². The van der Waals surface area contributed by atoms with Crippen molar-refractivity contribution in [1.82, 2.24) is 5.43 Å². The number of hydrazone groups is 1. The minimum Gasteiger partial charge on any atom is -0.484 e. The van der Waals surface area contributed by atoms with Crippen LogP contribution in [0.2, 0.25) is 5.02 Å². The summed E-state index contributed by atoms with van der Waals surface area (Å²) in [6.45, 7) is -0.103. The number of ether oxygens (including phenoxy) is 1. The molecule has 0 saturated heterocycles. The van der Waals surface area contributed by atoms with Gasteiger partial charge in [-0.25, -0.2) is 5.43 Å². The van der Waals surface area contributed by atoms with Crippen LogP contribution in [-0.2, 0) is 4.79 Å². The van der Waals surface area contributed by atoms with Gasteiger partial charge in [0.1, 0.15) is 5.75 Å². The number of amides is 1. The van der Waals surface area contributed by atoms with Gasteiger partial charge in [-0.1, -0.05) is 41.9 Å². The van der Waals surface area contributed by atoms with E-state index in [0.29, 0.717) is 10.8 Å². The Morgan fingerprint density at radius 1 is 1.15 bits per heavy atom. The van der Waals surface area contributed by atoms with E-state index in [4.69, 9.17) is 16.3 Å². The molecule has 4 nitrogen and oxygen atoms in total. The molecule has 0 fully saturated rings. The molecular weight excluding hydrogens is 276 g/mol. The first-order chi connectivity index (χ1) is 9.74. The molecule has 2 aromatic carbocycles. The molecule has 20 heavy (non-hydrogen) atoms. The monoisotopic (exact) mass is 288 g/mol. The van der Waals surface area contributed by atoms with E-state index in [1.165, 1.54) is 0 Å². The van der Waals surface area contributed by atoms with Gasteiger partial charge in [0, 0.05) is 5.02 Å². The Labute approximate surface area is 122 Å². The number of halogens is 1. The van der Waals surface area contributed by atoms with Crippen LogP contribution in [0.15, 0.2) is 59.7 Å². The van der Waals surface area contributed by atoms with Crippen LogP contribution in [0, 0.1) is 0 Å². The number of benzene rings is 2. The Bertz CT molecular complexity index is 583. The van der Waals surface area contributed by atoms with Crippen molar-refractivity contribution in [2.24, 2.45) is 5.10 Å². The summed E-state index contributed by atoms with van der Waals surface area (Å²) in [5, 5.41) is 4.46. The molecule has 0 aromatic heterocycles. The maximum atomic E-state index is 11.5. The quantitative estimate of drug-likeness (QED) is 0.679. The summed E-state index contributed by atoms with van der Waals surface area (Å²) in [6, 6.07) is 16.3. The van der Waals surface area contributed by atoms with Crippen molar-refractivity contribution in [2.45, 2.75) is 0 Å². The third-order valence-electron chi connectivity index (χ3n) is 2.39. The highest BCUT2D eigenvalue weighted by atomic mass is 35.5. The fraction of sp³-hybridized carbons (Fsp3) is 0.0667. The lowest BCUT2D eigenvalue weighted by atomic mass is 10.2. The molecule has 0 unspecified atom stereocenters. The summed E-state index contributed by atoms with van der Waals surface area (Å²) in [7, 11) is 0. The third-order valence-corrected chi connectivity index (χ3v) is 2.64. The van der Waals surface area contributed by atoms with Crippen molar-refractivity contribution in [2.75, 3.05) is 6.61 Å². The largest absolute Gasteiger partial charge is 0.484 e. The second-order valence-corrected chi connectivity index (χ2v) is 4.38. The molecule has 2 rings (SSSR count). The lowest BCUT2D eigenvalue weighted by Gasteiger charge is -2.04.